The van der Waals surface area contributed by atoms with Crippen LogP contribution in [0.3, 0.4) is 0 Å². The van der Waals surface area contributed by atoms with E-state index in [4.69, 9.17) is 39.5 Å². The van der Waals surface area contributed by atoms with Gasteiger partial charge in [-0.1, -0.05) is 90.1 Å². The zero-order valence-corrected chi connectivity index (χ0v) is 22.6. The number of benzene rings is 3. The summed E-state index contributed by atoms with van der Waals surface area (Å²) in [6.07, 6.45) is 4.38. The summed E-state index contributed by atoms with van der Waals surface area (Å²) in [4.78, 5) is 28.9. The van der Waals surface area contributed by atoms with Crippen LogP contribution < -0.4 is 10.1 Å². The van der Waals surface area contributed by atoms with Gasteiger partial charge in [-0.15, -0.1) is 0 Å². The van der Waals surface area contributed by atoms with Gasteiger partial charge in [0.2, 0.25) is 5.91 Å². The molecule has 0 saturated heterocycles. The predicted molar refractivity (Wildman–Crippen MR) is 148 cm³/mol. The van der Waals surface area contributed by atoms with Crippen LogP contribution in [-0.4, -0.2) is 35.4 Å². The Hall–Kier alpha value is -2.73. The Morgan fingerprint density at radius 3 is 2.27 bits per heavy atom. The van der Waals surface area contributed by atoms with Gasteiger partial charge in [0, 0.05) is 39.6 Å². The molecule has 0 radical (unpaired) electrons. The average Bonchev–Trinajstić information content (AvgIpc) is 3.40. The Bertz CT molecular complexity index is 1200. The van der Waals surface area contributed by atoms with Crippen molar-refractivity contribution in [2.75, 3.05) is 6.61 Å². The van der Waals surface area contributed by atoms with E-state index >= 15 is 0 Å². The number of hydrogen-bond acceptors (Lipinski definition) is 3. The highest BCUT2D eigenvalue weighted by Gasteiger charge is 2.33. The third-order valence-corrected chi connectivity index (χ3v) is 7.46. The maximum Gasteiger partial charge on any atom is 0.261 e. The van der Waals surface area contributed by atoms with Crippen LogP contribution in [-0.2, 0) is 22.6 Å². The smallest absolute Gasteiger partial charge is 0.261 e. The van der Waals surface area contributed by atoms with Crippen LogP contribution in [0.1, 0.15) is 36.8 Å². The lowest BCUT2D eigenvalue weighted by molar-refractivity contribution is -0.143. The second kappa shape index (κ2) is 13.2. The van der Waals surface area contributed by atoms with Crippen molar-refractivity contribution in [2.45, 2.75) is 50.7 Å². The quantitative estimate of drug-likeness (QED) is 0.300. The minimum Gasteiger partial charge on any atom is -0.484 e. The summed E-state index contributed by atoms with van der Waals surface area (Å²) >= 11 is 19.0. The molecular weight excluding hydrogens is 531 g/mol. The lowest BCUT2D eigenvalue weighted by Gasteiger charge is -2.32. The molecule has 1 saturated carbocycles. The lowest BCUT2D eigenvalue weighted by atomic mass is 10.0. The summed E-state index contributed by atoms with van der Waals surface area (Å²) < 4.78 is 5.77. The van der Waals surface area contributed by atoms with Crippen LogP contribution in [0.15, 0.2) is 72.8 Å². The molecule has 3 aromatic rings. The van der Waals surface area contributed by atoms with E-state index in [1.807, 2.05) is 30.3 Å². The zero-order valence-electron chi connectivity index (χ0n) is 20.3. The standard InChI is InChI=1S/C29H29Cl3N2O3/c30-21-10-6-13-23(17-21)37-19-28(35)34(18-24-25(31)14-7-15-26(24)32)27(16-20-8-2-1-3-9-20)29(36)33-22-11-4-5-12-22/h1-3,6-10,13-15,17,22,27H,4-5,11-12,16,18-19H2,(H,33,36)/t27-/m1/s1. The third kappa shape index (κ3) is 7.64. The number of rotatable bonds is 10. The molecular formula is C29H29Cl3N2O3. The van der Waals surface area contributed by atoms with Gasteiger partial charge in [-0.2, -0.15) is 0 Å². The van der Waals surface area contributed by atoms with E-state index in [1.54, 1.807) is 42.5 Å². The van der Waals surface area contributed by atoms with Crippen LogP contribution >= 0.6 is 34.8 Å². The lowest BCUT2D eigenvalue weighted by Crippen LogP contribution is -2.53. The Morgan fingerprint density at radius 1 is 0.919 bits per heavy atom. The van der Waals surface area contributed by atoms with Crippen molar-refractivity contribution in [2.24, 2.45) is 0 Å². The van der Waals surface area contributed by atoms with Gasteiger partial charge in [0.15, 0.2) is 6.61 Å². The van der Waals surface area contributed by atoms with Crippen LogP contribution in [0.2, 0.25) is 15.1 Å². The molecule has 0 unspecified atom stereocenters. The molecule has 3 aromatic carbocycles. The van der Waals surface area contributed by atoms with Gasteiger partial charge < -0.3 is 15.0 Å². The molecule has 0 spiro atoms. The van der Waals surface area contributed by atoms with Crippen molar-refractivity contribution < 1.29 is 14.3 Å². The van der Waals surface area contributed by atoms with E-state index in [2.05, 4.69) is 5.32 Å². The molecule has 1 aliphatic carbocycles. The number of nitrogens with zero attached hydrogens (tertiary/aromatic N) is 1. The third-order valence-electron chi connectivity index (χ3n) is 6.52. The predicted octanol–water partition coefficient (Wildman–Crippen LogP) is 6.72. The summed E-state index contributed by atoms with van der Waals surface area (Å²) in [5.74, 6) is -0.0971. The van der Waals surface area contributed by atoms with Crippen LogP contribution in [0.4, 0.5) is 0 Å². The normalized spacial score (nSPS) is 14.2. The number of nitrogens with one attached hydrogen (secondary N) is 1. The number of amides is 2. The second-order valence-corrected chi connectivity index (χ2v) is 10.4. The van der Waals surface area contributed by atoms with Gasteiger partial charge in [-0.25, -0.2) is 0 Å². The van der Waals surface area contributed by atoms with Gasteiger partial charge in [0.1, 0.15) is 11.8 Å². The molecule has 8 heteroatoms. The molecule has 37 heavy (non-hydrogen) atoms. The number of ether oxygens (including phenoxy) is 1. The first-order valence-electron chi connectivity index (χ1n) is 12.4. The highest BCUT2D eigenvalue weighted by molar-refractivity contribution is 6.36. The minimum absolute atomic E-state index is 0.0613. The zero-order chi connectivity index (χ0) is 26.2. The molecule has 1 atom stereocenters. The molecule has 0 aliphatic heterocycles. The van der Waals surface area contributed by atoms with Crippen LogP contribution in [0, 0.1) is 0 Å². The largest absolute Gasteiger partial charge is 0.484 e. The Kier molecular flexibility index (Phi) is 9.73. The SMILES string of the molecule is O=C(NC1CCCC1)[C@@H](Cc1ccccc1)N(Cc1c(Cl)cccc1Cl)C(=O)COc1cccc(Cl)c1. The summed E-state index contributed by atoms with van der Waals surface area (Å²) in [5, 5.41) is 4.53. The van der Waals surface area contributed by atoms with Gasteiger partial charge in [-0.05, 0) is 48.7 Å². The fourth-order valence-corrected chi connectivity index (χ4v) is 5.26. The first-order chi connectivity index (χ1) is 17.9. The maximum absolute atomic E-state index is 13.7. The maximum atomic E-state index is 13.7. The van der Waals surface area contributed by atoms with Crippen molar-refractivity contribution in [1.29, 1.82) is 0 Å². The summed E-state index contributed by atoms with van der Waals surface area (Å²) in [7, 11) is 0. The molecule has 0 bridgehead atoms. The minimum atomic E-state index is -0.786. The van der Waals surface area contributed by atoms with E-state index in [0.29, 0.717) is 32.8 Å². The fraction of sp³-hybridized carbons (Fsp3) is 0.310. The Balaban J connectivity index is 1.65. The van der Waals surface area contributed by atoms with E-state index in [0.717, 1.165) is 31.2 Å². The molecule has 1 aliphatic rings. The topological polar surface area (TPSA) is 58.6 Å². The molecule has 4 rings (SSSR count). The van der Waals surface area contributed by atoms with Crippen molar-refractivity contribution in [3.8, 4) is 5.75 Å². The highest BCUT2D eigenvalue weighted by atomic mass is 35.5. The van der Waals surface area contributed by atoms with Crippen molar-refractivity contribution >= 4 is 46.6 Å². The number of carbonyl (C=O) groups excluding carboxylic acids is 2. The number of carbonyl (C=O) groups is 2. The molecule has 1 fully saturated rings. The van der Waals surface area contributed by atoms with Gasteiger partial charge in [0.25, 0.3) is 5.91 Å². The average molecular weight is 560 g/mol. The molecule has 1 N–H and O–H groups in total. The Morgan fingerprint density at radius 2 is 1.59 bits per heavy atom. The van der Waals surface area contributed by atoms with Crippen LogP contribution in [0.25, 0.3) is 0 Å². The summed E-state index contributed by atoms with van der Waals surface area (Å²) in [5.41, 5.74) is 1.52. The molecule has 0 aromatic heterocycles. The fourth-order valence-electron chi connectivity index (χ4n) is 4.56. The monoisotopic (exact) mass is 558 g/mol. The van der Waals surface area contributed by atoms with Crippen molar-refractivity contribution in [3.63, 3.8) is 0 Å². The first kappa shape index (κ1) is 27.3. The van der Waals surface area contributed by atoms with Gasteiger partial charge in [-0.3, -0.25) is 9.59 Å². The summed E-state index contributed by atoms with van der Waals surface area (Å²) in [6, 6.07) is 21.0. The van der Waals surface area contributed by atoms with E-state index in [-0.39, 0.29) is 31.0 Å². The summed E-state index contributed by atoms with van der Waals surface area (Å²) in [6.45, 7) is -0.212. The molecule has 2 amide bonds. The van der Waals surface area contributed by atoms with Gasteiger partial charge >= 0.3 is 0 Å². The Labute approximate surface area is 232 Å². The van der Waals surface area contributed by atoms with Crippen molar-refractivity contribution in [3.05, 3.63) is 99.0 Å². The number of halogens is 3. The number of hydrogen-bond donors (Lipinski definition) is 1. The van der Waals surface area contributed by atoms with E-state index in [9.17, 15) is 9.59 Å². The first-order valence-corrected chi connectivity index (χ1v) is 13.5. The molecule has 5 nitrogen and oxygen atoms in total. The molecule has 0 heterocycles. The highest BCUT2D eigenvalue weighted by Crippen LogP contribution is 2.28. The van der Waals surface area contributed by atoms with E-state index in [1.165, 1.54) is 4.90 Å². The van der Waals surface area contributed by atoms with E-state index < -0.39 is 6.04 Å². The van der Waals surface area contributed by atoms with Crippen molar-refractivity contribution in [1.82, 2.24) is 10.2 Å². The second-order valence-electron chi connectivity index (χ2n) is 9.16. The van der Waals surface area contributed by atoms with Gasteiger partial charge in [0.05, 0.1) is 0 Å². The van der Waals surface area contributed by atoms with Crippen LogP contribution in [0.5, 0.6) is 5.75 Å². The molecule has 194 valence electrons.